The quantitative estimate of drug-likeness (QED) is 0.416. The lowest BCUT2D eigenvalue weighted by atomic mass is 10.1. The van der Waals surface area contributed by atoms with E-state index in [9.17, 15) is 4.79 Å². The Labute approximate surface area is 82.3 Å². The number of thiocarbonyl (C=S) groups is 1. The molecule has 0 fully saturated rings. The minimum absolute atomic E-state index is 0.546. The molecule has 0 saturated carbocycles. The molecule has 0 spiro atoms. The van der Waals surface area contributed by atoms with Gasteiger partial charge >= 0.3 is 0 Å². The van der Waals surface area contributed by atoms with Gasteiger partial charge in [0.2, 0.25) is 0 Å². The first kappa shape index (κ1) is 9.78. The zero-order valence-corrected chi connectivity index (χ0v) is 7.88. The molecule has 3 heteroatoms. The molecule has 0 bridgehead atoms. The molecule has 1 aromatic rings. The second-order valence-electron chi connectivity index (χ2n) is 2.58. The van der Waals surface area contributed by atoms with Crippen LogP contribution in [-0.4, -0.2) is 11.4 Å². The van der Waals surface area contributed by atoms with Crippen LogP contribution in [0.4, 0.5) is 5.69 Å². The highest BCUT2D eigenvalue weighted by Gasteiger charge is 1.93. The van der Waals surface area contributed by atoms with Gasteiger partial charge in [0.25, 0.3) is 0 Å². The predicted molar refractivity (Wildman–Crippen MR) is 55.5 cm³/mol. The Balaban J connectivity index is 2.78. The number of isothiocyanates is 1. The lowest BCUT2D eigenvalue weighted by molar-refractivity contribution is -0.107. The summed E-state index contributed by atoms with van der Waals surface area (Å²) in [4.78, 5) is 14.0. The zero-order chi connectivity index (χ0) is 9.52. The summed E-state index contributed by atoms with van der Waals surface area (Å²) in [6.07, 6.45) is 2.21. The number of aliphatic imine (C=N–C) groups is 1. The van der Waals surface area contributed by atoms with Crippen molar-refractivity contribution in [2.45, 2.75) is 12.8 Å². The average Bonchev–Trinajstić information content (AvgIpc) is 2.16. The number of aryl methyl sites for hydroxylation is 1. The average molecular weight is 191 g/mol. The lowest BCUT2D eigenvalue weighted by Crippen LogP contribution is -1.84. The fourth-order valence-electron chi connectivity index (χ4n) is 1.06. The van der Waals surface area contributed by atoms with Crippen LogP contribution in [0.15, 0.2) is 29.3 Å². The molecule has 0 heterocycles. The molecule has 0 radical (unpaired) electrons. The van der Waals surface area contributed by atoms with Crippen LogP contribution >= 0.6 is 12.2 Å². The van der Waals surface area contributed by atoms with E-state index in [4.69, 9.17) is 0 Å². The third-order valence-corrected chi connectivity index (χ3v) is 1.73. The van der Waals surface area contributed by atoms with Gasteiger partial charge in [-0.2, -0.15) is 4.99 Å². The number of nitrogens with zero attached hydrogens (tertiary/aromatic N) is 1. The Hall–Kier alpha value is -1.31. The van der Waals surface area contributed by atoms with Crippen molar-refractivity contribution in [3.05, 3.63) is 29.8 Å². The van der Waals surface area contributed by atoms with Crippen LogP contribution in [0, 0.1) is 0 Å². The molecule has 1 aromatic carbocycles. The standard InChI is InChI=1S/C10H9NOS/c12-6-2-4-9-3-1-5-10(7-9)11-8-13/h1,3,5-7H,2,4H2. The summed E-state index contributed by atoms with van der Waals surface area (Å²) >= 11 is 4.49. The van der Waals surface area contributed by atoms with Gasteiger partial charge in [-0.25, -0.2) is 0 Å². The maximum Gasteiger partial charge on any atom is 0.120 e. The molecule has 0 atom stereocenters. The summed E-state index contributed by atoms with van der Waals surface area (Å²) in [7, 11) is 0. The van der Waals surface area contributed by atoms with E-state index in [0.29, 0.717) is 6.42 Å². The van der Waals surface area contributed by atoms with Crippen molar-refractivity contribution in [2.75, 3.05) is 0 Å². The molecule has 0 saturated heterocycles. The summed E-state index contributed by atoms with van der Waals surface area (Å²) in [6, 6.07) is 7.62. The Kier molecular flexibility index (Phi) is 4.03. The van der Waals surface area contributed by atoms with Crippen molar-refractivity contribution in [3.8, 4) is 0 Å². The van der Waals surface area contributed by atoms with Crippen molar-refractivity contribution in [1.82, 2.24) is 0 Å². The highest BCUT2D eigenvalue weighted by atomic mass is 32.1. The van der Waals surface area contributed by atoms with Crippen molar-refractivity contribution < 1.29 is 4.79 Å². The van der Waals surface area contributed by atoms with E-state index in [2.05, 4.69) is 22.4 Å². The number of aldehydes is 1. The molecular formula is C10H9NOS. The number of rotatable bonds is 4. The summed E-state index contributed by atoms with van der Waals surface area (Å²) in [5.41, 5.74) is 1.89. The fourth-order valence-corrected chi connectivity index (χ4v) is 1.17. The van der Waals surface area contributed by atoms with Crippen LogP contribution in [0.25, 0.3) is 0 Å². The third-order valence-electron chi connectivity index (χ3n) is 1.64. The minimum atomic E-state index is 0.546. The molecule has 1 rings (SSSR count). The number of benzene rings is 1. The molecule has 0 aromatic heterocycles. The van der Waals surface area contributed by atoms with Crippen molar-refractivity contribution in [3.63, 3.8) is 0 Å². The monoisotopic (exact) mass is 191 g/mol. The molecule has 66 valence electrons. The van der Waals surface area contributed by atoms with Crippen LogP contribution < -0.4 is 0 Å². The van der Waals surface area contributed by atoms with Crippen LogP contribution in [-0.2, 0) is 11.2 Å². The Morgan fingerprint density at radius 2 is 2.38 bits per heavy atom. The molecule has 0 aliphatic heterocycles. The smallest absolute Gasteiger partial charge is 0.120 e. The van der Waals surface area contributed by atoms with Gasteiger partial charge in [-0.3, -0.25) is 0 Å². The van der Waals surface area contributed by atoms with Crippen LogP contribution in [0.3, 0.4) is 0 Å². The number of carbonyl (C=O) groups is 1. The van der Waals surface area contributed by atoms with Gasteiger partial charge in [0.15, 0.2) is 0 Å². The largest absolute Gasteiger partial charge is 0.303 e. The van der Waals surface area contributed by atoms with E-state index >= 15 is 0 Å². The van der Waals surface area contributed by atoms with Gasteiger partial charge < -0.3 is 4.79 Å². The van der Waals surface area contributed by atoms with Gasteiger partial charge in [-0.15, -0.1) is 0 Å². The predicted octanol–water partition coefficient (Wildman–Crippen LogP) is 2.55. The zero-order valence-electron chi connectivity index (χ0n) is 7.06. The normalized spacial score (nSPS) is 8.92. The summed E-state index contributed by atoms with van der Waals surface area (Å²) in [5, 5.41) is 2.31. The maximum atomic E-state index is 10.1. The van der Waals surface area contributed by atoms with Gasteiger partial charge in [-0.05, 0) is 36.3 Å². The molecule has 0 N–H and O–H groups in total. The van der Waals surface area contributed by atoms with Crippen LogP contribution in [0.1, 0.15) is 12.0 Å². The van der Waals surface area contributed by atoms with Crippen molar-refractivity contribution in [1.29, 1.82) is 0 Å². The van der Waals surface area contributed by atoms with E-state index in [1.807, 2.05) is 24.3 Å². The van der Waals surface area contributed by atoms with Crippen molar-refractivity contribution in [2.24, 2.45) is 4.99 Å². The van der Waals surface area contributed by atoms with Crippen LogP contribution in [0.5, 0.6) is 0 Å². The second-order valence-corrected chi connectivity index (χ2v) is 2.76. The number of carbonyl (C=O) groups excluding carboxylic acids is 1. The molecule has 0 amide bonds. The molecule has 2 nitrogen and oxygen atoms in total. The van der Waals surface area contributed by atoms with Gasteiger partial charge in [0.05, 0.1) is 10.8 Å². The second kappa shape index (κ2) is 5.36. The summed E-state index contributed by atoms with van der Waals surface area (Å²) in [6.45, 7) is 0. The Morgan fingerprint density at radius 1 is 1.54 bits per heavy atom. The topological polar surface area (TPSA) is 29.4 Å². The Bertz CT molecular complexity index is 343. The van der Waals surface area contributed by atoms with Crippen molar-refractivity contribution >= 4 is 29.4 Å². The summed E-state index contributed by atoms with van der Waals surface area (Å²) < 4.78 is 0. The van der Waals surface area contributed by atoms with E-state index in [0.717, 1.165) is 24.0 Å². The summed E-state index contributed by atoms with van der Waals surface area (Å²) in [5.74, 6) is 0. The fraction of sp³-hybridized carbons (Fsp3) is 0.200. The molecule has 0 aliphatic rings. The number of hydrogen-bond donors (Lipinski definition) is 0. The van der Waals surface area contributed by atoms with Gasteiger partial charge in [0.1, 0.15) is 6.29 Å². The van der Waals surface area contributed by atoms with E-state index < -0.39 is 0 Å². The SMILES string of the molecule is O=CCCc1cccc(N=C=S)c1. The first-order valence-corrected chi connectivity index (χ1v) is 4.38. The maximum absolute atomic E-state index is 10.1. The highest BCUT2D eigenvalue weighted by Crippen LogP contribution is 2.14. The highest BCUT2D eigenvalue weighted by molar-refractivity contribution is 7.78. The minimum Gasteiger partial charge on any atom is -0.303 e. The molecule has 13 heavy (non-hydrogen) atoms. The van der Waals surface area contributed by atoms with E-state index in [-0.39, 0.29) is 0 Å². The number of hydrogen-bond acceptors (Lipinski definition) is 3. The van der Waals surface area contributed by atoms with Gasteiger partial charge in [-0.1, -0.05) is 12.1 Å². The van der Waals surface area contributed by atoms with E-state index in [1.165, 1.54) is 0 Å². The molecule has 0 unspecified atom stereocenters. The molecule has 0 aliphatic carbocycles. The Morgan fingerprint density at radius 3 is 3.08 bits per heavy atom. The first-order valence-electron chi connectivity index (χ1n) is 3.97. The first-order chi connectivity index (χ1) is 6.36. The molecular weight excluding hydrogens is 182 g/mol. The lowest BCUT2D eigenvalue weighted by Gasteiger charge is -1.97. The van der Waals surface area contributed by atoms with Crippen LogP contribution in [0.2, 0.25) is 0 Å². The van der Waals surface area contributed by atoms with Gasteiger partial charge in [0, 0.05) is 6.42 Å². The van der Waals surface area contributed by atoms with E-state index in [1.54, 1.807) is 0 Å². The third kappa shape index (κ3) is 3.28.